The zero-order valence-electron chi connectivity index (χ0n) is 16.3. The lowest BCUT2D eigenvalue weighted by molar-refractivity contribution is 0.0700. The highest BCUT2D eigenvalue weighted by Crippen LogP contribution is 2.20. The molecule has 2 heterocycles. The minimum Gasteiger partial charge on any atom is -0.491 e. The van der Waals surface area contributed by atoms with E-state index < -0.39 is 0 Å². The van der Waals surface area contributed by atoms with Gasteiger partial charge < -0.3 is 15.0 Å². The molecule has 0 bridgehead atoms. The lowest BCUT2D eigenvalue weighted by atomic mass is 10.0. The molecule has 8 heteroatoms. The first-order valence-corrected chi connectivity index (χ1v) is 9.15. The number of aromatic nitrogens is 3. The lowest BCUT2D eigenvalue weighted by Gasteiger charge is -2.31. The van der Waals surface area contributed by atoms with Crippen molar-refractivity contribution >= 4 is 18.3 Å². The Bertz CT molecular complexity index is 752. The van der Waals surface area contributed by atoms with Crippen molar-refractivity contribution in [1.29, 1.82) is 0 Å². The zero-order chi connectivity index (χ0) is 18.7. The van der Waals surface area contributed by atoms with Crippen LogP contribution >= 0.6 is 12.4 Å². The average Bonchev–Trinajstić information content (AvgIpc) is 3.03. The summed E-state index contributed by atoms with van der Waals surface area (Å²) in [4.78, 5) is 14.7. The summed E-state index contributed by atoms with van der Waals surface area (Å²) in [6.45, 7) is 7.36. The van der Waals surface area contributed by atoms with Crippen molar-refractivity contribution in [3.63, 3.8) is 0 Å². The van der Waals surface area contributed by atoms with Crippen LogP contribution in [0.25, 0.3) is 5.69 Å². The molecule has 0 radical (unpaired) electrons. The van der Waals surface area contributed by atoms with Crippen LogP contribution in [-0.2, 0) is 0 Å². The van der Waals surface area contributed by atoms with Crippen LogP contribution in [0.1, 0.15) is 42.9 Å². The third-order valence-electron chi connectivity index (χ3n) is 4.74. The number of hydrogen-bond acceptors (Lipinski definition) is 5. The van der Waals surface area contributed by atoms with Gasteiger partial charge in [0.1, 0.15) is 5.75 Å². The zero-order valence-corrected chi connectivity index (χ0v) is 17.1. The first-order chi connectivity index (χ1) is 12.5. The third kappa shape index (κ3) is 4.78. The van der Waals surface area contributed by atoms with Gasteiger partial charge in [0.2, 0.25) is 0 Å². The Balaban J connectivity index is 0.00000261. The number of nitrogens with zero attached hydrogens (tertiary/aromatic N) is 4. The summed E-state index contributed by atoms with van der Waals surface area (Å²) < 4.78 is 7.37. The van der Waals surface area contributed by atoms with Crippen molar-refractivity contribution in [1.82, 2.24) is 25.2 Å². The lowest BCUT2D eigenvalue weighted by Crippen LogP contribution is -2.44. The van der Waals surface area contributed by atoms with Crippen molar-refractivity contribution < 1.29 is 9.53 Å². The van der Waals surface area contributed by atoms with Crippen molar-refractivity contribution in [2.75, 3.05) is 20.1 Å². The molecule has 0 aliphatic carbocycles. The van der Waals surface area contributed by atoms with Crippen LogP contribution in [0.2, 0.25) is 0 Å². The van der Waals surface area contributed by atoms with Gasteiger partial charge in [0.25, 0.3) is 5.91 Å². The molecule has 148 valence electrons. The number of piperidine rings is 1. The first kappa shape index (κ1) is 21.2. The van der Waals surface area contributed by atoms with E-state index in [2.05, 4.69) is 15.6 Å². The second-order valence-corrected chi connectivity index (χ2v) is 6.95. The minimum absolute atomic E-state index is 0. The van der Waals surface area contributed by atoms with Gasteiger partial charge in [-0.2, -0.15) is 0 Å². The predicted molar refractivity (Wildman–Crippen MR) is 107 cm³/mol. The van der Waals surface area contributed by atoms with Crippen LogP contribution in [0.5, 0.6) is 5.75 Å². The molecule has 0 atom stereocenters. The van der Waals surface area contributed by atoms with Crippen LogP contribution in [0.3, 0.4) is 0 Å². The number of likely N-dealkylation sites (tertiary alicyclic amines) is 1. The molecule has 1 fully saturated rings. The summed E-state index contributed by atoms with van der Waals surface area (Å²) in [5.41, 5.74) is 2.04. The molecule has 1 aromatic heterocycles. The number of carbonyl (C=O) groups is 1. The smallest absolute Gasteiger partial charge is 0.276 e. The fourth-order valence-corrected chi connectivity index (χ4v) is 3.23. The standard InChI is InChI=1S/C19H27N5O2.ClH/c1-13(2)26-17-7-5-16(6-8-17)24-14(3)18(21-22-24)19(25)23-11-9-15(20-4)10-12-23;/h5-8,13,15,20H,9-12H2,1-4H3;1H. The molecule has 2 aromatic rings. The molecule has 0 saturated carbocycles. The Morgan fingerprint density at radius 3 is 2.41 bits per heavy atom. The minimum atomic E-state index is -0.0388. The molecule has 0 unspecified atom stereocenters. The fourth-order valence-electron chi connectivity index (χ4n) is 3.23. The summed E-state index contributed by atoms with van der Waals surface area (Å²) in [5.74, 6) is 0.772. The number of halogens is 1. The van der Waals surface area contributed by atoms with E-state index in [1.165, 1.54) is 0 Å². The van der Waals surface area contributed by atoms with E-state index >= 15 is 0 Å². The third-order valence-corrected chi connectivity index (χ3v) is 4.74. The highest BCUT2D eigenvalue weighted by Gasteiger charge is 2.26. The van der Waals surface area contributed by atoms with Crippen molar-refractivity contribution in [3.8, 4) is 11.4 Å². The maximum Gasteiger partial charge on any atom is 0.276 e. The van der Waals surface area contributed by atoms with Gasteiger partial charge in [0.15, 0.2) is 5.69 Å². The summed E-state index contributed by atoms with van der Waals surface area (Å²) in [5, 5.41) is 11.6. The Morgan fingerprint density at radius 1 is 1.22 bits per heavy atom. The SMILES string of the molecule is CNC1CCN(C(=O)c2nnn(-c3ccc(OC(C)C)cc3)c2C)CC1.Cl. The highest BCUT2D eigenvalue weighted by molar-refractivity contribution is 5.93. The van der Waals surface area contributed by atoms with E-state index in [0.29, 0.717) is 11.7 Å². The molecule has 1 saturated heterocycles. The highest BCUT2D eigenvalue weighted by atomic mass is 35.5. The van der Waals surface area contributed by atoms with Crippen LogP contribution < -0.4 is 10.1 Å². The summed E-state index contributed by atoms with van der Waals surface area (Å²) in [7, 11) is 1.97. The Kier molecular flexibility index (Phi) is 7.21. The molecule has 1 aliphatic rings. The Morgan fingerprint density at radius 2 is 1.85 bits per heavy atom. The van der Waals surface area contributed by atoms with Gasteiger partial charge in [-0.25, -0.2) is 4.68 Å². The van der Waals surface area contributed by atoms with Gasteiger partial charge in [-0.1, -0.05) is 5.21 Å². The summed E-state index contributed by atoms with van der Waals surface area (Å²) in [6.07, 6.45) is 2.06. The van der Waals surface area contributed by atoms with Gasteiger partial charge in [0, 0.05) is 19.1 Å². The topological polar surface area (TPSA) is 72.3 Å². The Hall–Kier alpha value is -2.12. The molecule has 3 rings (SSSR count). The number of hydrogen-bond donors (Lipinski definition) is 1. The normalized spacial score (nSPS) is 14.9. The number of amides is 1. The largest absolute Gasteiger partial charge is 0.491 e. The molecule has 1 aliphatic heterocycles. The number of carbonyl (C=O) groups excluding carboxylic acids is 1. The van der Waals surface area contributed by atoms with E-state index in [9.17, 15) is 4.79 Å². The molecule has 27 heavy (non-hydrogen) atoms. The maximum atomic E-state index is 12.8. The monoisotopic (exact) mass is 393 g/mol. The van der Waals surface area contributed by atoms with Crippen molar-refractivity contribution in [2.45, 2.75) is 45.8 Å². The van der Waals surface area contributed by atoms with Crippen molar-refractivity contribution in [3.05, 3.63) is 35.7 Å². The molecule has 1 N–H and O–H groups in total. The molecule has 1 aromatic carbocycles. The van der Waals surface area contributed by atoms with Crippen LogP contribution in [-0.4, -0.2) is 58.1 Å². The summed E-state index contributed by atoms with van der Waals surface area (Å²) in [6, 6.07) is 8.14. The summed E-state index contributed by atoms with van der Waals surface area (Å²) >= 11 is 0. The number of ether oxygens (including phenoxy) is 1. The predicted octanol–water partition coefficient (Wildman–Crippen LogP) is 2.61. The van der Waals surface area contributed by atoms with E-state index in [1.54, 1.807) is 4.68 Å². The van der Waals surface area contributed by atoms with Gasteiger partial charge in [0.05, 0.1) is 17.5 Å². The second kappa shape index (κ2) is 9.19. The van der Waals surface area contributed by atoms with E-state index in [0.717, 1.165) is 43.1 Å². The van der Waals surface area contributed by atoms with E-state index in [1.807, 2.05) is 57.0 Å². The molecule has 1 amide bonds. The first-order valence-electron chi connectivity index (χ1n) is 9.15. The molecular formula is C19H28ClN5O2. The number of nitrogens with one attached hydrogen (secondary N) is 1. The van der Waals surface area contributed by atoms with Gasteiger partial charge in [-0.15, -0.1) is 17.5 Å². The van der Waals surface area contributed by atoms with E-state index in [4.69, 9.17) is 4.74 Å². The van der Waals surface area contributed by atoms with Crippen molar-refractivity contribution in [2.24, 2.45) is 0 Å². The fraction of sp³-hybridized carbons (Fsp3) is 0.526. The van der Waals surface area contributed by atoms with Crippen LogP contribution in [0, 0.1) is 6.92 Å². The second-order valence-electron chi connectivity index (χ2n) is 6.95. The molecule has 7 nitrogen and oxygen atoms in total. The van der Waals surface area contributed by atoms with Gasteiger partial charge >= 0.3 is 0 Å². The van der Waals surface area contributed by atoms with Gasteiger partial charge in [-0.05, 0) is 64.9 Å². The van der Waals surface area contributed by atoms with Crippen LogP contribution in [0.4, 0.5) is 0 Å². The number of rotatable bonds is 5. The Labute approximate surface area is 166 Å². The van der Waals surface area contributed by atoms with Crippen LogP contribution in [0.15, 0.2) is 24.3 Å². The number of benzene rings is 1. The quantitative estimate of drug-likeness (QED) is 0.845. The molecule has 0 spiro atoms. The van der Waals surface area contributed by atoms with Gasteiger partial charge in [-0.3, -0.25) is 4.79 Å². The maximum absolute atomic E-state index is 12.8. The average molecular weight is 394 g/mol. The van der Waals surface area contributed by atoms with E-state index in [-0.39, 0.29) is 24.4 Å². The molecular weight excluding hydrogens is 366 g/mol.